The van der Waals surface area contributed by atoms with Gasteiger partial charge in [0.15, 0.2) is 5.82 Å². The fraction of sp³-hybridized carbons (Fsp3) is 0.118. The van der Waals surface area contributed by atoms with Crippen molar-refractivity contribution in [2.45, 2.75) is 13.8 Å². The fourth-order valence-corrected chi connectivity index (χ4v) is 2.64. The largest absolute Gasteiger partial charge is 0.360 e. The summed E-state index contributed by atoms with van der Waals surface area (Å²) < 4.78 is 5.94. The number of nitrogens with zero attached hydrogens (tertiary/aromatic N) is 2. The maximum atomic E-state index is 12.3. The minimum absolute atomic E-state index is 0.299. The first-order chi connectivity index (χ1) is 11.5. The number of carbonyl (C=O) groups is 1. The van der Waals surface area contributed by atoms with E-state index in [1.807, 2.05) is 25.1 Å². The lowest BCUT2D eigenvalue weighted by molar-refractivity contribution is 0.102. The first-order valence-corrected chi connectivity index (χ1v) is 8.03. The van der Waals surface area contributed by atoms with Crippen molar-refractivity contribution < 1.29 is 9.32 Å². The molecule has 3 aromatic rings. The Labute approximate surface area is 147 Å². The highest BCUT2D eigenvalue weighted by Gasteiger charge is 2.10. The van der Waals surface area contributed by atoms with Crippen molar-refractivity contribution in [1.29, 1.82) is 0 Å². The normalized spacial score (nSPS) is 10.5. The average molecular weight is 387 g/mol. The quantitative estimate of drug-likeness (QED) is 0.692. The Kier molecular flexibility index (Phi) is 4.61. The van der Waals surface area contributed by atoms with E-state index < -0.39 is 0 Å². The smallest absolute Gasteiger partial charge is 0.258 e. The molecule has 0 aliphatic rings. The van der Waals surface area contributed by atoms with E-state index in [1.54, 1.807) is 25.3 Å². The molecule has 0 aliphatic heterocycles. The molecule has 0 radical (unpaired) electrons. The Morgan fingerprint density at radius 3 is 2.71 bits per heavy atom. The highest BCUT2D eigenvalue weighted by Crippen LogP contribution is 2.24. The van der Waals surface area contributed by atoms with E-state index in [9.17, 15) is 4.79 Å². The molecule has 0 atom stereocenters. The van der Waals surface area contributed by atoms with Crippen molar-refractivity contribution in [2.75, 3.05) is 10.6 Å². The van der Waals surface area contributed by atoms with Crippen molar-refractivity contribution in [3.63, 3.8) is 0 Å². The van der Waals surface area contributed by atoms with Gasteiger partial charge in [0.1, 0.15) is 5.76 Å². The minimum atomic E-state index is -0.299. The third-order valence-corrected chi connectivity index (χ3v) is 3.83. The number of aryl methyl sites for hydroxylation is 2. The number of nitrogens with one attached hydrogen (secondary N) is 2. The Morgan fingerprint density at radius 1 is 1.17 bits per heavy atom. The number of anilines is 3. The SMILES string of the molecule is Cc1cc(NC(=O)c2cncc(Nc3ccc(Br)cc3C)c2)no1. The number of benzene rings is 1. The Bertz CT molecular complexity index is 892. The Morgan fingerprint density at radius 2 is 2.00 bits per heavy atom. The maximum Gasteiger partial charge on any atom is 0.258 e. The van der Waals surface area contributed by atoms with Crippen LogP contribution in [0.1, 0.15) is 21.7 Å². The van der Waals surface area contributed by atoms with Crippen LogP contribution in [0, 0.1) is 13.8 Å². The van der Waals surface area contributed by atoms with E-state index in [-0.39, 0.29) is 5.91 Å². The van der Waals surface area contributed by atoms with Crippen LogP contribution in [0.2, 0.25) is 0 Å². The summed E-state index contributed by atoms with van der Waals surface area (Å²) in [5, 5.41) is 9.68. The van der Waals surface area contributed by atoms with Crippen LogP contribution in [-0.4, -0.2) is 16.0 Å². The molecule has 1 amide bonds. The second-order valence-electron chi connectivity index (χ2n) is 5.32. The molecule has 2 aromatic heterocycles. The van der Waals surface area contributed by atoms with Gasteiger partial charge >= 0.3 is 0 Å². The highest BCUT2D eigenvalue weighted by molar-refractivity contribution is 9.10. The van der Waals surface area contributed by atoms with E-state index in [2.05, 4.69) is 36.7 Å². The van der Waals surface area contributed by atoms with Crippen molar-refractivity contribution >= 4 is 39.0 Å². The van der Waals surface area contributed by atoms with Gasteiger partial charge in [-0.15, -0.1) is 0 Å². The summed E-state index contributed by atoms with van der Waals surface area (Å²) in [5.74, 6) is 0.705. The van der Waals surface area contributed by atoms with Gasteiger partial charge in [-0.1, -0.05) is 21.1 Å². The van der Waals surface area contributed by atoms with Gasteiger partial charge in [-0.25, -0.2) is 0 Å². The number of rotatable bonds is 4. The van der Waals surface area contributed by atoms with E-state index in [0.717, 1.165) is 21.4 Å². The molecular weight excluding hydrogens is 372 g/mol. The lowest BCUT2D eigenvalue weighted by atomic mass is 10.2. The van der Waals surface area contributed by atoms with Crippen LogP contribution in [0.3, 0.4) is 0 Å². The summed E-state index contributed by atoms with van der Waals surface area (Å²) in [4.78, 5) is 16.4. The van der Waals surface area contributed by atoms with Crippen LogP contribution < -0.4 is 10.6 Å². The summed E-state index contributed by atoms with van der Waals surface area (Å²) in [6.45, 7) is 3.76. The summed E-state index contributed by atoms with van der Waals surface area (Å²) in [5.41, 5.74) is 3.18. The summed E-state index contributed by atoms with van der Waals surface area (Å²) in [7, 11) is 0. The maximum absolute atomic E-state index is 12.3. The van der Waals surface area contributed by atoms with Gasteiger partial charge in [-0.05, 0) is 43.7 Å². The van der Waals surface area contributed by atoms with Gasteiger partial charge in [0, 0.05) is 22.4 Å². The lowest BCUT2D eigenvalue weighted by Crippen LogP contribution is -2.12. The fourth-order valence-electron chi connectivity index (χ4n) is 2.17. The van der Waals surface area contributed by atoms with Gasteiger partial charge in [0.2, 0.25) is 0 Å². The number of amides is 1. The van der Waals surface area contributed by atoms with E-state index in [4.69, 9.17) is 4.52 Å². The zero-order valence-corrected chi connectivity index (χ0v) is 14.7. The molecule has 0 unspecified atom stereocenters. The molecule has 0 saturated heterocycles. The third kappa shape index (κ3) is 3.80. The molecule has 1 aromatic carbocycles. The van der Waals surface area contributed by atoms with Gasteiger partial charge in [0.25, 0.3) is 5.91 Å². The number of hydrogen-bond acceptors (Lipinski definition) is 5. The van der Waals surface area contributed by atoms with Crippen molar-refractivity contribution in [2.24, 2.45) is 0 Å². The molecule has 0 bridgehead atoms. The molecule has 7 heteroatoms. The highest BCUT2D eigenvalue weighted by atomic mass is 79.9. The van der Waals surface area contributed by atoms with Gasteiger partial charge in [-0.2, -0.15) is 0 Å². The van der Waals surface area contributed by atoms with Crippen LogP contribution in [-0.2, 0) is 0 Å². The van der Waals surface area contributed by atoms with Gasteiger partial charge in [-0.3, -0.25) is 9.78 Å². The second kappa shape index (κ2) is 6.84. The third-order valence-electron chi connectivity index (χ3n) is 3.34. The molecule has 2 heterocycles. The molecule has 2 N–H and O–H groups in total. The Hall–Kier alpha value is -2.67. The summed E-state index contributed by atoms with van der Waals surface area (Å²) in [6.07, 6.45) is 3.17. The van der Waals surface area contributed by atoms with E-state index in [0.29, 0.717) is 17.1 Å². The monoisotopic (exact) mass is 386 g/mol. The molecular formula is C17H15BrN4O2. The lowest BCUT2D eigenvalue weighted by Gasteiger charge is -2.10. The number of carbonyl (C=O) groups excluding carboxylic acids is 1. The van der Waals surface area contributed by atoms with E-state index in [1.165, 1.54) is 6.20 Å². The van der Waals surface area contributed by atoms with Crippen molar-refractivity contribution in [3.05, 3.63) is 64.1 Å². The van der Waals surface area contributed by atoms with Crippen molar-refractivity contribution in [3.8, 4) is 0 Å². The molecule has 0 aliphatic carbocycles. The number of aromatic nitrogens is 2. The van der Waals surface area contributed by atoms with E-state index >= 15 is 0 Å². The van der Waals surface area contributed by atoms with Crippen LogP contribution in [0.15, 0.2) is 51.7 Å². The minimum Gasteiger partial charge on any atom is -0.360 e. The first-order valence-electron chi connectivity index (χ1n) is 7.24. The number of halogens is 1. The molecule has 3 rings (SSSR count). The number of pyridine rings is 1. The molecule has 0 spiro atoms. The van der Waals surface area contributed by atoms with Crippen LogP contribution >= 0.6 is 15.9 Å². The molecule has 122 valence electrons. The van der Waals surface area contributed by atoms with Crippen molar-refractivity contribution in [1.82, 2.24) is 10.1 Å². The van der Waals surface area contributed by atoms with Crippen LogP contribution in [0.25, 0.3) is 0 Å². The zero-order valence-electron chi connectivity index (χ0n) is 13.1. The van der Waals surface area contributed by atoms with Crippen LogP contribution in [0.4, 0.5) is 17.2 Å². The summed E-state index contributed by atoms with van der Waals surface area (Å²) in [6, 6.07) is 9.31. The van der Waals surface area contributed by atoms with Gasteiger partial charge < -0.3 is 15.2 Å². The predicted molar refractivity (Wildman–Crippen MR) is 95.6 cm³/mol. The predicted octanol–water partition coefficient (Wildman–Crippen LogP) is 4.44. The second-order valence-corrected chi connectivity index (χ2v) is 6.24. The molecule has 6 nitrogen and oxygen atoms in total. The molecule has 24 heavy (non-hydrogen) atoms. The summed E-state index contributed by atoms with van der Waals surface area (Å²) >= 11 is 3.44. The first kappa shape index (κ1) is 16.2. The Balaban J connectivity index is 1.77. The van der Waals surface area contributed by atoms with Crippen LogP contribution in [0.5, 0.6) is 0 Å². The number of hydrogen-bond donors (Lipinski definition) is 2. The standard InChI is InChI=1S/C17H15BrN4O2/c1-10-5-13(18)3-4-15(10)20-14-7-12(8-19-9-14)17(23)21-16-6-11(2)24-22-16/h3-9,20H,1-2H3,(H,21,22,23). The van der Waals surface area contributed by atoms with Gasteiger partial charge in [0.05, 0.1) is 17.4 Å². The topological polar surface area (TPSA) is 80.0 Å². The average Bonchev–Trinajstić information content (AvgIpc) is 2.95. The molecule has 0 saturated carbocycles. The molecule has 0 fully saturated rings. The zero-order chi connectivity index (χ0) is 17.1.